The number of esters is 1. The van der Waals surface area contributed by atoms with Crippen LogP contribution in [-0.4, -0.2) is 47.4 Å². The fourth-order valence-corrected chi connectivity index (χ4v) is 6.99. The summed E-state index contributed by atoms with van der Waals surface area (Å²) < 4.78 is 5.41. The summed E-state index contributed by atoms with van der Waals surface area (Å²) in [5.41, 5.74) is 0. The van der Waals surface area contributed by atoms with Crippen molar-refractivity contribution in [2.24, 2.45) is 0 Å². The molecule has 0 saturated heterocycles. The number of nitrogens with one attached hydrogen (secondary N) is 1. The lowest BCUT2D eigenvalue weighted by Crippen LogP contribution is -2.45. The molecule has 0 radical (unpaired) electrons. The first-order chi connectivity index (χ1) is 28.0. The van der Waals surface area contributed by atoms with Gasteiger partial charge in [-0.25, -0.2) is 0 Å². The Morgan fingerprint density at radius 3 is 1.40 bits per heavy atom. The van der Waals surface area contributed by atoms with Gasteiger partial charge in [0.2, 0.25) is 5.91 Å². The van der Waals surface area contributed by atoms with E-state index in [1.807, 2.05) is 6.08 Å². The molecule has 2 atom stereocenters. The fraction of sp³-hybridized carbons (Fsp3) is 0.804. The highest BCUT2D eigenvalue weighted by Gasteiger charge is 2.18. The average molecular weight is 800 g/mol. The van der Waals surface area contributed by atoms with E-state index in [2.05, 4.69) is 55.6 Å². The van der Waals surface area contributed by atoms with Crippen LogP contribution in [0, 0.1) is 0 Å². The number of carbonyl (C=O) groups is 2. The van der Waals surface area contributed by atoms with Crippen LogP contribution in [0.3, 0.4) is 0 Å². The van der Waals surface area contributed by atoms with Crippen LogP contribution in [0.1, 0.15) is 239 Å². The van der Waals surface area contributed by atoms with E-state index in [4.69, 9.17) is 4.74 Å². The zero-order valence-electron chi connectivity index (χ0n) is 37.6. The summed E-state index contributed by atoms with van der Waals surface area (Å²) in [5.74, 6) is -0.160. The number of unbranched alkanes of at least 4 members (excludes halogenated alkanes) is 27. The third-order valence-corrected chi connectivity index (χ3v) is 10.8. The van der Waals surface area contributed by atoms with Crippen LogP contribution < -0.4 is 5.32 Å². The standard InChI is InChI=1S/C51H93NO5/c1-3-5-7-9-11-13-15-17-19-20-21-23-27-31-35-39-43-49(54)48(47-53)52-50(55)44-40-36-32-28-25-26-30-34-38-42-46-57-51(56)45-41-37-33-29-24-22-18-16-14-12-10-8-6-4-2/h10,12,16,18,26,30,39,43,48-49,53-54H,3-9,11,13-15,17,19-25,27-29,31-38,40-42,44-47H2,1-2H3,(H,52,55)/b12-10-,18-16-,30-26-,43-39+. The number of amides is 1. The normalized spacial score (nSPS) is 13.1. The molecule has 0 aromatic rings. The largest absolute Gasteiger partial charge is 0.466 e. The third kappa shape index (κ3) is 43.2. The van der Waals surface area contributed by atoms with Crippen LogP contribution >= 0.6 is 0 Å². The van der Waals surface area contributed by atoms with Crippen molar-refractivity contribution in [1.82, 2.24) is 5.32 Å². The van der Waals surface area contributed by atoms with E-state index < -0.39 is 12.1 Å². The van der Waals surface area contributed by atoms with Gasteiger partial charge in [-0.15, -0.1) is 0 Å². The second kappa shape index (κ2) is 46.5. The van der Waals surface area contributed by atoms with Gasteiger partial charge in [-0.05, 0) is 83.5 Å². The zero-order chi connectivity index (χ0) is 41.5. The van der Waals surface area contributed by atoms with Crippen molar-refractivity contribution in [3.63, 3.8) is 0 Å². The van der Waals surface area contributed by atoms with E-state index in [1.165, 1.54) is 122 Å². The molecule has 1 amide bonds. The van der Waals surface area contributed by atoms with Gasteiger partial charge in [-0.2, -0.15) is 0 Å². The Morgan fingerprint density at radius 1 is 0.491 bits per heavy atom. The van der Waals surface area contributed by atoms with Gasteiger partial charge in [0.1, 0.15) is 0 Å². The van der Waals surface area contributed by atoms with Gasteiger partial charge in [0.25, 0.3) is 0 Å². The van der Waals surface area contributed by atoms with Gasteiger partial charge >= 0.3 is 5.97 Å². The molecule has 0 aliphatic carbocycles. The molecule has 0 heterocycles. The Kier molecular flexibility index (Phi) is 44.7. The van der Waals surface area contributed by atoms with E-state index in [1.54, 1.807) is 6.08 Å². The zero-order valence-corrected chi connectivity index (χ0v) is 37.6. The molecule has 0 bridgehead atoms. The first-order valence-corrected chi connectivity index (χ1v) is 24.4. The number of aliphatic hydroxyl groups excluding tert-OH is 2. The predicted molar refractivity (Wildman–Crippen MR) is 245 cm³/mol. The lowest BCUT2D eigenvalue weighted by Gasteiger charge is -2.20. The van der Waals surface area contributed by atoms with Crippen molar-refractivity contribution in [3.05, 3.63) is 48.6 Å². The van der Waals surface area contributed by atoms with Crippen LogP contribution in [0.15, 0.2) is 48.6 Å². The molecular formula is C51H93NO5. The highest BCUT2D eigenvalue weighted by Crippen LogP contribution is 2.14. The molecule has 0 aromatic carbocycles. The van der Waals surface area contributed by atoms with Gasteiger partial charge in [0.15, 0.2) is 0 Å². The summed E-state index contributed by atoms with van der Waals surface area (Å²) in [4.78, 5) is 24.4. The quantitative estimate of drug-likeness (QED) is 0.0324. The fourth-order valence-electron chi connectivity index (χ4n) is 6.99. The first-order valence-electron chi connectivity index (χ1n) is 24.4. The lowest BCUT2D eigenvalue weighted by atomic mass is 10.0. The molecule has 0 fully saturated rings. The van der Waals surface area contributed by atoms with Crippen LogP contribution in [0.5, 0.6) is 0 Å². The van der Waals surface area contributed by atoms with Crippen LogP contribution in [-0.2, 0) is 14.3 Å². The molecular weight excluding hydrogens is 707 g/mol. The lowest BCUT2D eigenvalue weighted by molar-refractivity contribution is -0.143. The number of hydrogen-bond acceptors (Lipinski definition) is 5. The Hall–Kier alpha value is -2.18. The van der Waals surface area contributed by atoms with Crippen molar-refractivity contribution >= 4 is 11.9 Å². The highest BCUT2D eigenvalue weighted by atomic mass is 16.5. The third-order valence-electron chi connectivity index (χ3n) is 10.8. The maximum atomic E-state index is 12.4. The molecule has 0 aromatic heterocycles. The predicted octanol–water partition coefficient (Wildman–Crippen LogP) is 14.3. The van der Waals surface area contributed by atoms with Gasteiger partial charge in [-0.3, -0.25) is 9.59 Å². The van der Waals surface area contributed by atoms with Crippen LogP contribution in [0.25, 0.3) is 0 Å². The Balaban J connectivity index is 3.60. The molecule has 2 unspecified atom stereocenters. The molecule has 3 N–H and O–H groups in total. The number of carbonyl (C=O) groups excluding carboxylic acids is 2. The Labute approximate surface area is 353 Å². The SMILES string of the molecule is CCCC/C=C\C/C=C\CCCCCCCC(=O)OCCCC/C=C\CCCCCCC(=O)NC(CO)C(O)/C=C/CCCCCCCCCCCCCCCC. The van der Waals surface area contributed by atoms with E-state index in [0.29, 0.717) is 19.4 Å². The van der Waals surface area contributed by atoms with Gasteiger partial charge in [-0.1, -0.05) is 191 Å². The molecule has 0 aliphatic rings. The second-order valence-electron chi connectivity index (χ2n) is 16.4. The van der Waals surface area contributed by atoms with E-state index >= 15 is 0 Å². The minimum atomic E-state index is -0.867. The summed E-state index contributed by atoms with van der Waals surface area (Å²) in [5, 5.41) is 23.0. The average Bonchev–Trinajstić information content (AvgIpc) is 3.21. The topological polar surface area (TPSA) is 95.9 Å². The van der Waals surface area contributed by atoms with Crippen molar-refractivity contribution < 1.29 is 24.5 Å². The summed E-state index contributed by atoms with van der Waals surface area (Å²) in [6.45, 7) is 4.75. The van der Waals surface area contributed by atoms with Crippen molar-refractivity contribution in [2.75, 3.05) is 13.2 Å². The molecule has 0 aliphatic heterocycles. The van der Waals surface area contributed by atoms with E-state index in [0.717, 1.165) is 89.9 Å². The number of ether oxygens (including phenoxy) is 1. The minimum absolute atomic E-state index is 0.0540. The molecule has 0 saturated carbocycles. The monoisotopic (exact) mass is 800 g/mol. The number of rotatable bonds is 44. The second-order valence-corrected chi connectivity index (χ2v) is 16.4. The van der Waals surface area contributed by atoms with E-state index in [9.17, 15) is 19.8 Å². The Bertz CT molecular complexity index is 973. The molecule has 0 spiro atoms. The molecule has 6 heteroatoms. The maximum Gasteiger partial charge on any atom is 0.305 e. The molecule has 57 heavy (non-hydrogen) atoms. The van der Waals surface area contributed by atoms with Gasteiger partial charge < -0.3 is 20.3 Å². The number of aliphatic hydroxyl groups is 2. The van der Waals surface area contributed by atoms with Crippen molar-refractivity contribution in [3.8, 4) is 0 Å². The van der Waals surface area contributed by atoms with Crippen LogP contribution in [0.2, 0.25) is 0 Å². The summed E-state index contributed by atoms with van der Waals surface area (Å²) in [6.07, 6.45) is 56.7. The van der Waals surface area contributed by atoms with E-state index in [-0.39, 0.29) is 18.5 Å². The first kappa shape index (κ1) is 54.8. The van der Waals surface area contributed by atoms with Crippen LogP contribution in [0.4, 0.5) is 0 Å². The number of hydrogen-bond donors (Lipinski definition) is 3. The maximum absolute atomic E-state index is 12.4. The minimum Gasteiger partial charge on any atom is -0.466 e. The smallest absolute Gasteiger partial charge is 0.305 e. The summed E-state index contributed by atoms with van der Waals surface area (Å²) in [6, 6.07) is -0.655. The van der Waals surface area contributed by atoms with Gasteiger partial charge in [0, 0.05) is 12.8 Å². The number of allylic oxidation sites excluding steroid dienone is 7. The molecule has 0 rings (SSSR count). The summed E-state index contributed by atoms with van der Waals surface area (Å²) >= 11 is 0. The van der Waals surface area contributed by atoms with Gasteiger partial charge in [0.05, 0.1) is 25.4 Å². The Morgan fingerprint density at radius 2 is 0.895 bits per heavy atom. The molecule has 6 nitrogen and oxygen atoms in total. The summed E-state index contributed by atoms with van der Waals surface area (Å²) in [7, 11) is 0. The highest BCUT2D eigenvalue weighted by molar-refractivity contribution is 5.76. The molecule has 332 valence electrons. The van der Waals surface area contributed by atoms with Crippen molar-refractivity contribution in [2.45, 2.75) is 251 Å². The van der Waals surface area contributed by atoms with Crippen molar-refractivity contribution in [1.29, 1.82) is 0 Å².